The number of pyridine rings is 1. The summed E-state index contributed by atoms with van der Waals surface area (Å²) in [5, 5.41) is 2.48. The van der Waals surface area contributed by atoms with Gasteiger partial charge in [-0.2, -0.15) is 0 Å². The lowest BCUT2D eigenvalue weighted by atomic mass is 10.3. The normalized spacial score (nSPS) is 11.0. The highest BCUT2D eigenvalue weighted by Gasteiger charge is 2.14. The lowest BCUT2D eigenvalue weighted by Crippen LogP contribution is -2.33. The fourth-order valence-electron chi connectivity index (χ4n) is 1.19. The van der Waals surface area contributed by atoms with Gasteiger partial charge in [0.25, 0.3) is 0 Å². The zero-order valence-corrected chi connectivity index (χ0v) is 11.8. The molecule has 4 N–H and O–H groups in total. The fraction of sp³-hybridized carbons (Fsp3) is 0.300. The zero-order valence-electron chi connectivity index (χ0n) is 10.2. The third-order valence-corrected chi connectivity index (χ3v) is 3.75. The van der Waals surface area contributed by atoms with Crippen LogP contribution in [0.5, 0.6) is 0 Å². The molecule has 1 amide bonds. The van der Waals surface area contributed by atoms with Gasteiger partial charge in [0.2, 0.25) is 15.9 Å². The minimum atomic E-state index is -3.65. The fourth-order valence-corrected chi connectivity index (χ4v) is 2.29. The first-order valence-electron chi connectivity index (χ1n) is 5.33. The minimum absolute atomic E-state index is 0.00956. The van der Waals surface area contributed by atoms with Crippen molar-refractivity contribution in [1.82, 2.24) is 15.0 Å². The van der Waals surface area contributed by atoms with Crippen LogP contribution in [0.4, 0.5) is 0 Å². The number of hydrogen-bond acceptors (Lipinski definition) is 5. The topological polar surface area (TPSA) is 114 Å². The second-order valence-electron chi connectivity index (χ2n) is 3.62. The predicted molar refractivity (Wildman–Crippen MR) is 74.0 cm³/mol. The Balaban J connectivity index is 2.66. The number of sulfonamides is 1. The van der Waals surface area contributed by atoms with E-state index in [1.807, 2.05) is 0 Å². The Labute approximate surface area is 116 Å². The Morgan fingerprint density at radius 2 is 2.11 bits per heavy atom. The average molecular weight is 302 g/mol. The molecule has 0 spiro atoms. The third kappa shape index (κ3) is 4.89. The maximum atomic E-state index is 11.8. The van der Waals surface area contributed by atoms with Crippen molar-refractivity contribution >= 4 is 33.1 Å². The van der Waals surface area contributed by atoms with Crippen molar-refractivity contribution in [2.45, 2.75) is 11.8 Å². The third-order valence-electron chi connectivity index (χ3n) is 2.09. The molecule has 0 aliphatic heterocycles. The molecule has 7 nitrogen and oxygen atoms in total. The van der Waals surface area contributed by atoms with Gasteiger partial charge >= 0.3 is 0 Å². The predicted octanol–water partition coefficient (Wildman–Crippen LogP) is -0.870. The second-order valence-corrected chi connectivity index (χ2v) is 5.83. The van der Waals surface area contributed by atoms with Gasteiger partial charge in [-0.3, -0.25) is 9.78 Å². The van der Waals surface area contributed by atoms with Crippen LogP contribution in [-0.2, 0) is 14.8 Å². The number of amides is 1. The van der Waals surface area contributed by atoms with Gasteiger partial charge in [0.05, 0.1) is 5.69 Å². The first-order chi connectivity index (χ1) is 8.83. The van der Waals surface area contributed by atoms with Gasteiger partial charge in [-0.25, -0.2) is 13.1 Å². The van der Waals surface area contributed by atoms with Crippen LogP contribution < -0.4 is 15.8 Å². The van der Waals surface area contributed by atoms with Crippen LogP contribution in [0.2, 0.25) is 0 Å². The van der Waals surface area contributed by atoms with Crippen molar-refractivity contribution in [3.8, 4) is 0 Å². The molecule has 1 aromatic rings. The standard InChI is InChI=1S/C10H14N4O3S2/c1-7(15)12-4-5-14-19(16,17)8-2-3-9(10(11)18)13-6-8/h2-3,6,14H,4-5H2,1H3,(H2,11,18)(H,12,15). The number of aromatic nitrogens is 1. The van der Waals surface area contributed by atoms with Crippen molar-refractivity contribution in [2.24, 2.45) is 5.73 Å². The first-order valence-corrected chi connectivity index (χ1v) is 7.22. The maximum absolute atomic E-state index is 11.8. The van der Waals surface area contributed by atoms with Crippen molar-refractivity contribution in [3.05, 3.63) is 24.0 Å². The van der Waals surface area contributed by atoms with Crippen molar-refractivity contribution in [3.63, 3.8) is 0 Å². The molecule has 0 unspecified atom stereocenters. The molecule has 0 aliphatic rings. The monoisotopic (exact) mass is 302 g/mol. The summed E-state index contributed by atoms with van der Waals surface area (Å²) >= 11 is 4.72. The van der Waals surface area contributed by atoms with Crippen LogP contribution in [0.3, 0.4) is 0 Å². The number of rotatable bonds is 6. The number of thiocarbonyl (C=S) groups is 1. The van der Waals surface area contributed by atoms with Crippen molar-refractivity contribution < 1.29 is 13.2 Å². The number of nitrogens with one attached hydrogen (secondary N) is 2. The smallest absolute Gasteiger partial charge is 0.242 e. The molecule has 1 heterocycles. The summed E-state index contributed by atoms with van der Waals surface area (Å²) in [4.78, 5) is 14.6. The highest BCUT2D eigenvalue weighted by atomic mass is 32.2. The lowest BCUT2D eigenvalue weighted by molar-refractivity contribution is -0.118. The van der Waals surface area contributed by atoms with E-state index < -0.39 is 10.0 Å². The van der Waals surface area contributed by atoms with Gasteiger partial charge in [-0.1, -0.05) is 12.2 Å². The molecule has 0 aliphatic carbocycles. The van der Waals surface area contributed by atoms with Gasteiger partial charge in [-0.05, 0) is 12.1 Å². The molecule has 0 fully saturated rings. The molecular weight excluding hydrogens is 288 g/mol. The number of carbonyl (C=O) groups excluding carboxylic acids is 1. The summed E-state index contributed by atoms with van der Waals surface area (Å²) in [6, 6.07) is 2.80. The van der Waals surface area contributed by atoms with Crippen LogP contribution in [-0.4, -0.2) is 37.4 Å². The van der Waals surface area contributed by atoms with E-state index in [-0.39, 0.29) is 28.9 Å². The van der Waals surface area contributed by atoms with E-state index in [1.165, 1.54) is 25.3 Å². The van der Waals surface area contributed by atoms with Crippen LogP contribution in [0.25, 0.3) is 0 Å². The number of nitrogens with two attached hydrogens (primary N) is 1. The summed E-state index contributed by atoms with van der Waals surface area (Å²) in [7, 11) is -3.65. The van der Waals surface area contributed by atoms with Crippen LogP contribution in [0.15, 0.2) is 23.2 Å². The Bertz CT molecular complexity index is 569. The Morgan fingerprint density at radius 3 is 2.58 bits per heavy atom. The van der Waals surface area contributed by atoms with Crippen molar-refractivity contribution in [2.75, 3.05) is 13.1 Å². The second kappa shape index (κ2) is 6.55. The largest absolute Gasteiger partial charge is 0.388 e. The van der Waals surface area contributed by atoms with E-state index in [4.69, 9.17) is 18.0 Å². The van der Waals surface area contributed by atoms with Gasteiger partial charge < -0.3 is 11.1 Å². The molecule has 0 atom stereocenters. The van der Waals surface area contributed by atoms with E-state index in [2.05, 4.69) is 15.0 Å². The van der Waals surface area contributed by atoms with E-state index in [0.29, 0.717) is 5.69 Å². The molecule has 1 rings (SSSR count). The first kappa shape index (κ1) is 15.5. The molecule has 0 bridgehead atoms. The molecule has 0 aromatic carbocycles. The number of carbonyl (C=O) groups is 1. The molecule has 1 aromatic heterocycles. The highest BCUT2D eigenvalue weighted by Crippen LogP contribution is 2.07. The lowest BCUT2D eigenvalue weighted by Gasteiger charge is -2.07. The molecule has 0 radical (unpaired) electrons. The Hall–Kier alpha value is -1.58. The summed E-state index contributed by atoms with van der Waals surface area (Å²) in [5.41, 5.74) is 5.72. The van der Waals surface area contributed by atoms with E-state index in [9.17, 15) is 13.2 Å². The molecule has 104 valence electrons. The van der Waals surface area contributed by atoms with Gasteiger partial charge in [0.1, 0.15) is 9.88 Å². The minimum Gasteiger partial charge on any atom is -0.388 e. The molecular formula is C10H14N4O3S2. The summed E-state index contributed by atoms with van der Waals surface area (Å²) < 4.78 is 26.0. The van der Waals surface area contributed by atoms with Crippen molar-refractivity contribution in [1.29, 1.82) is 0 Å². The molecule has 0 saturated carbocycles. The number of hydrogen-bond donors (Lipinski definition) is 3. The number of nitrogens with zero attached hydrogens (tertiary/aromatic N) is 1. The average Bonchev–Trinajstić information content (AvgIpc) is 2.34. The van der Waals surface area contributed by atoms with Gasteiger partial charge in [0, 0.05) is 26.2 Å². The quantitative estimate of drug-likeness (QED) is 0.465. The van der Waals surface area contributed by atoms with Crippen LogP contribution >= 0.6 is 12.2 Å². The zero-order chi connectivity index (χ0) is 14.5. The molecule has 0 saturated heterocycles. The Kier molecular flexibility index (Phi) is 5.33. The maximum Gasteiger partial charge on any atom is 0.242 e. The SMILES string of the molecule is CC(=O)NCCNS(=O)(=O)c1ccc(C(N)=S)nc1. The Morgan fingerprint density at radius 1 is 1.42 bits per heavy atom. The molecule has 19 heavy (non-hydrogen) atoms. The summed E-state index contributed by atoms with van der Waals surface area (Å²) in [5.74, 6) is -0.221. The van der Waals surface area contributed by atoms with E-state index in [1.54, 1.807) is 0 Å². The van der Waals surface area contributed by atoms with E-state index >= 15 is 0 Å². The van der Waals surface area contributed by atoms with E-state index in [0.717, 1.165) is 0 Å². The molecule has 9 heteroatoms. The van der Waals surface area contributed by atoms with Gasteiger partial charge in [0.15, 0.2) is 0 Å². The highest BCUT2D eigenvalue weighted by molar-refractivity contribution is 7.89. The van der Waals surface area contributed by atoms with Crippen LogP contribution in [0.1, 0.15) is 12.6 Å². The van der Waals surface area contributed by atoms with Gasteiger partial charge in [-0.15, -0.1) is 0 Å². The summed E-state index contributed by atoms with van der Waals surface area (Å²) in [6.45, 7) is 1.67. The summed E-state index contributed by atoms with van der Waals surface area (Å²) in [6.07, 6.45) is 1.18. The van der Waals surface area contributed by atoms with Crippen LogP contribution in [0, 0.1) is 0 Å².